The first-order chi connectivity index (χ1) is 6.27. The standard InChI is InChI=1S/C11H18NO/c1-2-7-12-8-3-4-10(12)5-6-11(13)9-12/h2,10H,1,3-9H2/q+1/t10-,12+/m0/s1. The molecule has 0 saturated carbocycles. The fraction of sp³-hybridized carbons (Fsp3) is 0.727. The number of rotatable bonds is 2. The van der Waals surface area contributed by atoms with E-state index in [-0.39, 0.29) is 0 Å². The third kappa shape index (κ3) is 1.44. The fourth-order valence-corrected chi connectivity index (χ4v) is 3.04. The van der Waals surface area contributed by atoms with E-state index in [2.05, 4.69) is 6.58 Å². The Bertz CT molecular complexity index is 236. The Morgan fingerprint density at radius 3 is 3.15 bits per heavy atom. The number of ketones is 1. The summed E-state index contributed by atoms with van der Waals surface area (Å²) in [5.41, 5.74) is 0. The molecule has 2 aliphatic rings. The molecule has 2 rings (SSSR count). The molecule has 0 aromatic carbocycles. The number of hydrogen-bond donors (Lipinski definition) is 0. The van der Waals surface area contributed by atoms with Crippen LogP contribution in [0.4, 0.5) is 0 Å². The van der Waals surface area contributed by atoms with Crippen molar-refractivity contribution < 1.29 is 9.28 Å². The Hall–Kier alpha value is -0.630. The first kappa shape index (κ1) is 8.95. The van der Waals surface area contributed by atoms with Crippen molar-refractivity contribution in [2.75, 3.05) is 19.6 Å². The Kier molecular flexibility index (Phi) is 2.24. The summed E-state index contributed by atoms with van der Waals surface area (Å²) in [4.78, 5) is 11.4. The third-order valence-corrected chi connectivity index (χ3v) is 3.66. The SMILES string of the molecule is C=CC[N@+]12CCC[C@H]1CCC(=O)C2. The maximum Gasteiger partial charge on any atom is 0.187 e. The van der Waals surface area contributed by atoms with Crippen LogP contribution in [-0.2, 0) is 4.79 Å². The second-order valence-corrected chi connectivity index (χ2v) is 4.44. The highest BCUT2D eigenvalue weighted by Gasteiger charge is 2.44. The minimum absolute atomic E-state index is 0.458. The molecule has 0 spiro atoms. The Labute approximate surface area is 79.8 Å². The summed E-state index contributed by atoms with van der Waals surface area (Å²) in [7, 11) is 0. The van der Waals surface area contributed by atoms with Gasteiger partial charge < -0.3 is 4.48 Å². The molecule has 0 aliphatic carbocycles. The van der Waals surface area contributed by atoms with Crippen LogP contribution in [0.15, 0.2) is 12.7 Å². The monoisotopic (exact) mass is 180 g/mol. The largest absolute Gasteiger partial charge is 0.312 e. The average molecular weight is 180 g/mol. The number of piperidine rings is 1. The molecular weight excluding hydrogens is 162 g/mol. The minimum atomic E-state index is 0.458. The summed E-state index contributed by atoms with van der Waals surface area (Å²) in [5.74, 6) is 0.458. The van der Waals surface area contributed by atoms with Crippen LogP contribution in [0, 0.1) is 0 Å². The van der Waals surface area contributed by atoms with Crippen molar-refractivity contribution in [1.82, 2.24) is 0 Å². The van der Waals surface area contributed by atoms with Gasteiger partial charge in [0.1, 0.15) is 6.54 Å². The highest BCUT2D eigenvalue weighted by Crippen LogP contribution is 2.33. The molecule has 0 radical (unpaired) electrons. The Morgan fingerprint density at radius 1 is 1.54 bits per heavy atom. The van der Waals surface area contributed by atoms with E-state index in [9.17, 15) is 4.79 Å². The van der Waals surface area contributed by atoms with Crippen LogP contribution in [0.3, 0.4) is 0 Å². The van der Waals surface area contributed by atoms with E-state index < -0.39 is 0 Å². The van der Waals surface area contributed by atoms with Crippen molar-refractivity contribution in [3.8, 4) is 0 Å². The number of carbonyl (C=O) groups excluding carboxylic acids is 1. The smallest absolute Gasteiger partial charge is 0.187 e. The molecule has 0 aromatic rings. The van der Waals surface area contributed by atoms with Crippen molar-refractivity contribution in [3.05, 3.63) is 12.7 Å². The molecule has 2 nitrogen and oxygen atoms in total. The van der Waals surface area contributed by atoms with Crippen LogP contribution in [0.5, 0.6) is 0 Å². The first-order valence-electron chi connectivity index (χ1n) is 5.25. The van der Waals surface area contributed by atoms with Gasteiger partial charge in [-0.3, -0.25) is 4.79 Å². The Morgan fingerprint density at radius 2 is 2.38 bits per heavy atom. The number of hydrogen-bond acceptors (Lipinski definition) is 1. The lowest BCUT2D eigenvalue weighted by atomic mass is 9.99. The van der Waals surface area contributed by atoms with Gasteiger partial charge in [-0.2, -0.15) is 0 Å². The fourth-order valence-electron chi connectivity index (χ4n) is 3.04. The van der Waals surface area contributed by atoms with Gasteiger partial charge in [0.15, 0.2) is 5.78 Å². The summed E-state index contributed by atoms with van der Waals surface area (Å²) in [6.07, 6.45) is 6.54. The van der Waals surface area contributed by atoms with Crippen LogP contribution in [-0.4, -0.2) is 35.9 Å². The maximum absolute atomic E-state index is 11.4. The summed E-state index contributed by atoms with van der Waals surface area (Å²) < 4.78 is 1.03. The lowest BCUT2D eigenvalue weighted by Crippen LogP contribution is -2.57. The van der Waals surface area contributed by atoms with Gasteiger partial charge in [0.05, 0.1) is 19.1 Å². The second kappa shape index (κ2) is 3.26. The summed E-state index contributed by atoms with van der Waals surface area (Å²) in [6, 6.07) is 0.760. The quantitative estimate of drug-likeness (QED) is 0.465. The number of Topliss-reactive ketones (excluding diaryl/α,β-unsaturated/α-hetero) is 1. The van der Waals surface area contributed by atoms with Gasteiger partial charge in [-0.1, -0.05) is 6.58 Å². The van der Waals surface area contributed by atoms with Gasteiger partial charge in [0.25, 0.3) is 0 Å². The predicted octanol–water partition coefficient (Wildman–Crippen LogP) is 1.51. The number of carbonyl (C=O) groups is 1. The predicted molar refractivity (Wildman–Crippen MR) is 52.3 cm³/mol. The van der Waals surface area contributed by atoms with Crippen LogP contribution in [0.1, 0.15) is 25.7 Å². The van der Waals surface area contributed by atoms with E-state index >= 15 is 0 Å². The maximum atomic E-state index is 11.4. The van der Waals surface area contributed by atoms with Crippen LogP contribution in [0.25, 0.3) is 0 Å². The van der Waals surface area contributed by atoms with Crippen molar-refractivity contribution in [2.45, 2.75) is 31.7 Å². The number of nitrogens with zero attached hydrogens (tertiary/aromatic N) is 1. The zero-order chi connectivity index (χ0) is 9.31. The zero-order valence-corrected chi connectivity index (χ0v) is 8.17. The van der Waals surface area contributed by atoms with E-state index in [1.54, 1.807) is 0 Å². The molecule has 2 saturated heterocycles. The molecule has 2 atom stereocenters. The van der Waals surface area contributed by atoms with Gasteiger partial charge in [0, 0.05) is 25.7 Å². The van der Waals surface area contributed by atoms with E-state index in [4.69, 9.17) is 0 Å². The molecule has 0 bridgehead atoms. The summed E-state index contributed by atoms with van der Waals surface area (Å²) in [6.45, 7) is 6.78. The van der Waals surface area contributed by atoms with Crippen molar-refractivity contribution >= 4 is 5.78 Å². The molecule has 13 heavy (non-hydrogen) atoms. The van der Waals surface area contributed by atoms with E-state index in [0.717, 1.165) is 36.5 Å². The van der Waals surface area contributed by atoms with Gasteiger partial charge in [-0.25, -0.2) is 0 Å². The number of quaternary nitrogens is 1. The third-order valence-electron chi connectivity index (χ3n) is 3.66. The molecule has 2 heteroatoms. The van der Waals surface area contributed by atoms with Crippen LogP contribution in [0.2, 0.25) is 0 Å². The molecule has 2 heterocycles. The minimum Gasteiger partial charge on any atom is -0.312 e. The second-order valence-electron chi connectivity index (χ2n) is 4.44. The average Bonchev–Trinajstić information content (AvgIpc) is 2.47. The van der Waals surface area contributed by atoms with E-state index in [0.29, 0.717) is 5.78 Å². The molecule has 2 fully saturated rings. The lowest BCUT2D eigenvalue weighted by Gasteiger charge is -2.41. The Balaban J connectivity index is 2.18. The van der Waals surface area contributed by atoms with E-state index in [1.807, 2.05) is 6.08 Å². The molecule has 0 unspecified atom stereocenters. The van der Waals surface area contributed by atoms with Gasteiger partial charge in [-0.15, -0.1) is 0 Å². The van der Waals surface area contributed by atoms with Crippen LogP contribution < -0.4 is 0 Å². The first-order valence-corrected chi connectivity index (χ1v) is 5.25. The van der Waals surface area contributed by atoms with Gasteiger partial charge >= 0.3 is 0 Å². The lowest BCUT2D eigenvalue weighted by molar-refractivity contribution is -0.929. The van der Waals surface area contributed by atoms with Gasteiger partial charge in [-0.05, 0) is 6.08 Å². The highest BCUT2D eigenvalue weighted by atomic mass is 16.1. The molecule has 0 aromatic heterocycles. The van der Waals surface area contributed by atoms with Crippen molar-refractivity contribution in [1.29, 1.82) is 0 Å². The summed E-state index contributed by atoms with van der Waals surface area (Å²) in [5, 5.41) is 0. The number of fused-ring (bicyclic) bond motifs is 1. The van der Waals surface area contributed by atoms with E-state index in [1.165, 1.54) is 19.4 Å². The van der Waals surface area contributed by atoms with Crippen molar-refractivity contribution in [3.63, 3.8) is 0 Å². The molecule has 2 aliphatic heterocycles. The van der Waals surface area contributed by atoms with Gasteiger partial charge in [0.2, 0.25) is 0 Å². The topological polar surface area (TPSA) is 17.1 Å². The highest BCUT2D eigenvalue weighted by molar-refractivity contribution is 5.80. The van der Waals surface area contributed by atoms with Crippen LogP contribution >= 0.6 is 0 Å². The van der Waals surface area contributed by atoms with Crippen molar-refractivity contribution in [2.24, 2.45) is 0 Å². The summed E-state index contributed by atoms with van der Waals surface area (Å²) >= 11 is 0. The molecule has 0 N–H and O–H groups in total. The molecule has 72 valence electrons. The molecule has 0 amide bonds. The molecular formula is C11H18NO+. The normalized spacial score (nSPS) is 38.8. The zero-order valence-electron chi connectivity index (χ0n) is 8.17.